The molecule has 10 heavy (non-hydrogen) atoms. The lowest BCUT2D eigenvalue weighted by molar-refractivity contribution is 0.112. The van der Waals surface area contributed by atoms with E-state index in [9.17, 15) is 4.79 Å². The molecule has 3 nitrogen and oxygen atoms in total. The van der Waals surface area contributed by atoms with Crippen LogP contribution in [0.15, 0.2) is 12.4 Å². The predicted octanol–water partition coefficient (Wildman–Crippen LogP) is 1.13. The Morgan fingerprint density at radius 2 is 2.30 bits per heavy atom. The Morgan fingerprint density at radius 3 is 2.80 bits per heavy atom. The minimum Gasteiger partial charge on any atom is -0.396 e. The fourth-order valence-electron chi connectivity index (χ4n) is 0.560. The first-order valence-corrected chi connectivity index (χ1v) is 2.97. The summed E-state index contributed by atoms with van der Waals surface area (Å²) in [6, 6.07) is 0. The molecule has 1 aromatic rings. The summed E-state index contributed by atoms with van der Waals surface area (Å²) in [7, 11) is 0. The molecule has 0 spiro atoms. The van der Waals surface area contributed by atoms with E-state index in [2.05, 4.69) is 4.98 Å². The SMILES string of the molecule is Nc1cncc(C=O)c1Cl. The molecular weight excluding hydrogens is 152 g/mol. The van der Waals surface area contributed by atoms with Crippen LogP contribution in [0.5, 0.6) is 0 Å². The van der Waals surface area contributed by atoms with E-state index in [0.717, 1.165) is 0 Å². The summed E-state index contributed by atoms with van der Waals surface area (Å²) in [5.74, 6) is 0. The van der Waals surface area contributed by atoms with E-state index in [1.807, 2.05) is 0 Å². The third-order valence-corrected chi connectivity index (χ3v) is 1.50. The van der Waals surface area contributed by atoms with Crippen molar-refractivity contribution in [2.45, 2.75) is 0 Å². The second kappa shape index (κ2) is 2.66. The fraction of sp³-hybridized carbons (Fsp3) is 0. The standard InChI is InChI=1S/C6H5ClN2O/c7-6-4(3-10)1-9-2-5(6)8/h1-3H,8H2. The van der Waals surface area contributed by atoms with Gasteiger partial charge >= 0.3 is 0 Å². The Hall–Kier alpha value is -1.09. The van der Waals surface area contributed by atoms with Crippen LogP contribution in [-0.4, -0.2) is 11.3 Å². The number of nitrogen functional groups attached to an aromatic ring is 1. The van der Waals surface area contributed by atoms with Crippen molar-refractivity contribution < 1.29 is 4.79 Å². The second-order valence-electron chi connectivity index (χ2n) is 1.75. The molecule has 0 aliphatic rings. The van der Waals surface area contributed by atoms with Gasteiger partial charge in [-0.25, -0.2) is 0 Å². The Morgan fingerprint density at radius 1 is 1.60 bits per heavy atom. The number of halogens is 1. The molecule has 1 aromatic heterocycles. The van der Waals surface area contributed by atoms with Crippen LogP contribution in [0.3, 0.4) is 0 Å². The van der Waals surface area contributed by atoms with E-state index < -0.39 is 0 Å². The van der Waals surface area contributed by atoms with Crippen LogP contribution in [0, 0.1) is 0 Å². The molecule has 0 atom stereocenters. The number of nitrogens with two attached hydrogens (primary N) is 1. The zero-order valence-corrected chi connectivity index (χ0v) is 5.80. The van der Waals surface area contributed by atoms with E-state index in [0.29, 0.717) is 17.5 Å². The van der Waals surface area contributed by atoms with E-state index in [1.54, 1.807) is 0 Å². The molecule has 52 valence electrons. The van der Waals surface area contributed by atoms with Crippen molar-refractivity contribution in [3.63, 3.8) is 0 Å². The summed E-state index contributed by atoms with van der Waals surface area (Å²) in [5, 5.41) is 0.269. The van der Waals surface area contributed by atoms with Crippen molar-refractivity contribution >= 4 is 23.6 Å². The molecule has 0 saturated heterocycles. The molecular formula is C6H5ClN2O. The summed E-state index contributed by atoms with van der Waals surface area (Å²) in [6.07, 6.45) is 3.38. The smallest absolute Gasteiger partial charge is 0.153 e. The van der Waals surface area contributed by atoms with Crippen LogP contribution in [0.4, 0.5) is 5.69 Å². The third-order valence-electron chi connectivity index (χ3n) is 1.06. The van der Waals surface area contributed by atoms with Gasteiger partial charge in [-0.05, 0) is 0 Å². The number of carbonyl (C=O) groups is 1. The monoisotopic (exact) mass is 156 g/mol. The summed E-state index contributed by atoms with van der Waals surface area (Å²) in [5.41, 5.74) is 5.99. The molecule has 1 rings (SSSR count). The first kappa shape index (κ1) is 7.02. The highest BCUT2D eigenvalue weighted by molar-refractivity contribution is 6.35. The first-order valence-electron chi connectivity index (χ1n) is 2.60. The molecule has 4 heteroatoms. The van der Waals surface area contributed by atoms with Crippen LogP contribution in [0.25, 0.3) is 0 Å². The Balaban J connectivity index is 3.27. The third kappa shape index (κ3) is 1.09. The number of carbonyl (C=O) groups excluding carboxylic acids is 1. The van der Waals surface area contributed by atoms with Crippen molar-refractivity contribution in [2.24, 2.45) is 0 Å². The van der Waals surface area contributed by atoms with Crippen molar-refractivity contribution in [1.82, 2.24) is 4.98 Å². The molecule has 2 N–H and O–H groups in total. The number of anilines is 1. The van der Waals surface area contributed by atoms with Crippen LogP contribution >= 0.6 is 11.6 Å². The Labute approximate surface area is 62.8 Å². The lowest BCUT2D eigenvalue weighted by Crippen LogP contribution is -1.91. The summed E-state index contributed by atoms with van der Waals surface area (Å²) < 4.78 is 0. The van der Waals surface area contributed by atoms with E-state index in [4.69, 9.17) is 17.3 Å². The van der Waals surface area contributed by atoms with Gasteiger partial charge in [0.15, 0.2) is 6.29 Å². The van der Waals surface area contributed by atoms with Gasteiger partial charge in [-0.2, -0.15) is 0 Å². The zero-order valence-electron chi connectivity index (χ0n) is 5.04. The highest BCUT2D eigenvalue weighted by Gasteiger charge is 2.00. The van der Waals surface area contributed by atoms with Gasteiger partial charge in [0.25, 0.3) is 0 Å². The fourth-order valence-corrected chi connectivity index (χ4v) is 0.702. The minimum atomic E-state index is 0.269. The molecule has 0 fully saturated rings. The van der Waals surface area contributed by atoms with Gasteiger partial charge in [-0.1, -0.05) is 11.6 Å². The molecule has 1 heterocycles. The lowest BCUT2D eigenvalue weighted by atomic mass is 10.3. The zero-order chi connectivity index (χ0) is 7.56. The van der Waals surface area contributed by atoms with Gasteiger partial charge in [0.2, 0.25) is 0 Å². The number of pyridine rings is 1. The van der Waals surface area contributed by atoms with Crippen molar-refractivity contribution in [1.29, 1.82) is 0 Å². The molecule has 0 aliphatic heterocycles. The molecule has 0 amide bonds. The average molecular weight is 157 g/mol. The van der Waals surface area contributed by atoms with Crippen molar-refractivity contribution in [2.75, 3.05) is 5.73 Å². The van der Waals surface area contributed by atoms with Gasteiger partial charge in [0.1, 0.15) is 0 Å². The quantitative estimate of drug-likeness (QED) is 0.621. The average Bonchev–Trinajstić information content (AvgIpc) is 1.95. The van der Waals surface area contributed by atoms with Gasteiger partial charge < -0.3 is 5.73 Å². The highest BCUT2D eigenvalue weighted by atomic mass is 35.5. The van der Waals surface area contributed by atoms with E-state index >= 15 is 0 Å². The molecule has 0 radical (unpaired) electrons. The summed E-state index contributed by atoms with van der Waals surface area (Å²) in [4.78, 5) is 13.9. The topological polar surface area (TPSA) is 56.0 Å². The molecule has 0 unspecified atom stereocenters. The van der Waals surface area contributed by atoms with Crippen LogP contribution < -0.4 is 5.73 Å². The molecule has 0 saturated carbocycles. The first-order chi connectivity index (χ1) is 4.75. The lowest BCUT2D eigenvalue weighted by Gasteiger charge is -1.96. The normalized spacial score (nSPS) is 9.30. The minimum absolute atomic E-state index is 0.269. The van der Waals surface area contributed by atoms with Crippen LogP contribution in [0.1, 0.15) is 10.4 Å². The summed E-state index contributed by atoms with van der Waals surface area (Å²) in [6.45, 7) is 0. The molecule has 0 aliphatic carbocycles. The maximum Gasteiger partial charge on any atom is 0.153 e. The summed E-state index contributed by atoms with van der Waals surface area (Å²) >= 11 is 5.60. The van der Waals surface area contributed by atoms with Crippen molar-refractivity contribution in [3.8, 4) is 0 Å². The highest BCUT2D eigenvalue weighted by Crippen LogP contribution is 2.19. The molecule has 0 aromatic carbocycles. The van der Waals surface area contributed by atoms with Gasteiger partial charge in [0, 0.05) is 6.20 Å². The van der Waals surface area contributed by atoms with Gasteiger partial charge in [-0.15, -0.1) is 0 Å². The van der Waals surface area contributed by atoms with E-state index in [1.165, 1.54) is 12.4 Å². The van der Waals surface area contributed by atoms with Gasteiger partial charge in [-0.3, -0.25) is 9.78 Å². The van der Waals surface area contributed by atoms with Crippen LogP contribution in [0.2, 0.25) is 5.02 Å². The van der Waals surface area contributed by atoms with E-state index in [-0.39, 0.29) is 5.02 Å². The largest absolute Gasteiger partial charge is 0.396 e. The van der Waals surface area contributed by atoms with Gasteiger partial charge in [0.05, 0.1) is 22.5 Å². The second-order valence-corrected chi connectivity index (χ2v) is 2.13. The number of hydrogen-bond donors (Lipinski definition) is 1. The number of nitrogens with zero attached hydrogens (tertiary/aromatic N) is 1. The number of rotatable bonds is 1. The van der Waals surface area contributed by atoms with Crippen LogP contribution in [-0.2, 0) is 0 Å². The van der Waals surface area contributed by atoms with Crippen molar-refractivity contribution in [3.05, 3.63) is 23.0 Å². The Bertz CT molecular complexity index is 262. The number of aromatic nitrogens is 1. The Kier molecular flexibility index (Phi) is 1.87. The predicted molar refractivity (Wildman–Crippen MR) is 39.0 cm³/mol. The number of aldehydes is 1. The maximum atomic E-state index is 10.2. The number of hydrogen-bond acceptors (Lipinski definition) is 3. The maximum absolute atomic E-state index is 10.2. The molecule has 0 bridgehead atoms.